The van der Waals surface area contributed by atoms with Gasteiger partial charge in [0.1, 0.15) is 6.33 Å². The van der Waals surface area contributed by atoms with Gasteiger partial charge in [-0.25, -0.2) is 0 Å². The first-order chi connectivity index (χ1) is 14.6. The predicted molar refractivity (Wildman–Crippen MR) is 113 cm³/mol. The van der Waals surface area contributed by atoms with Crippen molar-refractivity contribution in [1.29, 1.82) is 0 Å². The van der Waals surface area contributed by atoms with E-state index >= 15 is 0 Å². The summed E-state index contributed by atoms with van der Waals surface area (Å²) in [6, 6.07) is 12.3. The van der Waals surface area contributed by atoms with Gasteiger partial charge in [-0.15, -0.1) is 10.2 Å². The lowest BCUT2D eigenvalue weighted by Crippen LogP contribution is -2.01. The third kappa shape index (κ3) is 3.16. The largest absolute Gasteiger partial charge is 0.454 e. The van der Waals surface area contributed by atoms with E-state index in [1.54, 1.807) is 6.33 Å². The van der Waals surface area contributed by atoms with Crippen LogP contribution in [0.2, 0.25) is 0 Å². The van der Waals surface area contributed by atoms with Gasteiger partial charge in [-0.2, -0.15) is 5.10 Å². The number of fused-ring (bicyclic) bond motifs is 1. The molecule has 4 aromatic rings. The highest BCUT2D eigenvalue weighted by atomic mass is 16.7. The Morgan fingerprint density at radius 3 is 2.77 bits per heavy atom. The SMILES string of the molecule is Cc1c(-c2cc(CNc3cccc(-c4nncn4C)c3)cc3c2OCO3)cnn1C. The first kappa shape index (κ1) is 18.2. The smallest absolute Gasteiger partial charge is 0.231 e. The molecule has 0 radical (unpaired) electrons. The zero-order chi connectivity index (χ0) is 20.7. The molecule has 0 saturated carbocycles. The summed E-state index contributed by atoms with van der Waals surface area (Å²) in [6.45, 7) is 2.93. The van der Waals surface area contributed by atoms with Crippen LogP contribution in [0, 0.1) is 6.92 Å². The number of nitrogens with one attached hydrogen (secondary N) is 1. The number of benzene rings is 2. The summed E-state index contributed by atoms with van der Waals surface area (Å²) in [5.74, 6) is 2.37. The molecular formula is C22H22N6O2. The van der Waals surface area contributed by atoms with Gasteiger partial charge in [0.2, 0.25) is 6.79 Å². The van der Waals surface area contributed by atoms with Gasteiger partial charge in [0.25, 0.3) is 0 Å². The number of rotatable bonds is 5. The summed E-state index contributed by atoms with van der Waals surface area (Å²) in [5.41, 5.74) is 6.24. The fourth-order valence-corrected chi connectivity index (χ4v) is 3.65. The number of hydrogen-bond acceptors (Lipinski definition) is 6. The molecule has 152 valence electrons. The molecule has 8 heteroatoms. The molecule has 5 rings (SSSR count). The van der Waals surface area contributed by atoms with E-state index in [4.69, 9.17) is 9.47 Å². The molecule has 2 aromatic heterocycles. The van der Waals surface area contributed by atoms with Crippen LogP contribution < -0.4 is 14.8 Å². The van der Waals surface area contributed by atoms with Gasteiger partial charge in [-0.05, 0) is 36.8 Å². The zero-order valence-electron chi connectivity index (χ0n) is 17.1. The second-order valence-corrected chi connectivity index (χ2v) is 7.34. The first-order valence-electron chi connectivity index (χ1n) is 9.70. The molecule has 0 amide bonds. The number of ether oxygens (including phenoxy) is 2. The van der Waals surface area contributed by atoms with Gasteiger partial charge in [0.15, 0.2) is 17.3 Å². The minimum Gasteiger partial charge on any atom is -0.454 e. The quantitative estimate of drug-likeness (QED) is 0.550. The molecule has 30 heavy (non-hydrogen) atoms. The maximum Gasteiger partial charge on any atom is 0.231 e. The lowest BCUT2D eigenvalue weighted by molar-refractivity contribution is 0.174. The van der Waals surface area contributed by atoms with Crippen LogP contribution in [0.5, 0.6) is 11.5 Å². The molecule has 0 fully saturated rings. The van der Waals surface area contributed by atoms with Crippen molar-refractivity contribution in [3.8, 4) is 34.0 Å². The molecule has 0 atom stereocenters. The Morgan fingerprint density at radius 2 is 2.00 bits per heavy atom. The summed E-state index contributed by atoms with van der Waals surface area (Å²) in [4.78, 5) is 0. The van der Waals surface area contributed by atoms with Crippen LogP contribution >= 0.6 is 0 Å². The summed E-state index contributed by atoms with van der Waals surface area (Å²) >= 11 is 0. The van der Waals surface area contributed by atoms with E-state index in [1.807, 2.05) is 60.7 Å². The van der Waals surface area contributed by atoms with Crippen molar-refractivity contribution < 1.29 is 9.47 Å². The van der Waals surface area contributed by atoms with Crippen LogP contribution in [0.4, 0.5) is 5.69 Å². The van der Waals surface area contributed by atoms with Crippen molar-refractivity contribution in [1.82, 2.24) is 24.5 Å². The van der Waals surface area contributed by atoms with Gasteiger partial charge < -0.3 is 19.4 Å². The highest BCUT2D eigenvalue weighted by molar-refractivity contribution is 5.76. The minimum absolute atomic E-state index is 0.234. The fraction of sp³-hybridized carbons (Fsp3) is 0.227. The minimum atomic E-state index is 0.234. The van der Waals surface area contributed by atoms with E-state index in [-0.39, 0.29) is 6.79 Å². The molecule has 2 aromatic carbocycles. The Labute approximate surface area is 174 Å². The fourth-order valence-electron chi connectivity index (χ4n) is 3.65. The van der Waals surface area contributed by atoms with Crippen LogP contribution in [0.1, 0.15) is 11.3 Å². The van der Waals surface area contributed by atoms with Gasteiger partial charge in [-0.3, -0.25) is 4.68 Å². The van der Waals surface area contributed by atoms with Crippen molar-refractivity contribution in [3.05, 3.63) is 60.2 Å². The van der Waals surface area contributed by atoms with Crippen LogP contribution in [-0.2, 0) is 20.6 Å². The van der Waals surface area contributed by atoms with Gasteiger partial charge in [0, 0.05) is 48.7 Å². The number of anilines is 1. The van der Waals surface area contributed by atoms with Gasteiger partial charge >= 0.3 is 0 Å². The topological polar surface area (TPSA) is 79.0 Å². The molecular weight excluding hydrogens is 380 g/mol. The van der Waals surface area contributed by atoms with Crippen LogP contribution in [-0.4, -0.2) is 31.3 Å². The van der Waals surface area contributed by atoms with Crippen LogP contribution in [0.3, 0.4) is 0 Å². The molecule has 1 N–H and O–H groups in total. The Morgan fingerprint density at radius 1 is 1.10 bits per heavy atom. The number of nitrogens with zero attached hydrogens (tertiary/aromatic N) is 5. The third-order valence-electron chi connectivity index (χ3n) is 5.39. The highest BCUT2D eigenvalue weighted by Gasteiger charge is 2.22. The van der Waals surface area contributed by atoms with Gasteiger partial charge in [0.05, 0.1) is 6.20 Å². The van der Waals surface area contributed by atoms with Crippen molar-refractivity contribution in [2.75, 3.05) is 12.1 Å². The molecule has 0 unspecified atom stereocenters. The van der Waals surface area contributed by atoms with Crippen molar-refractivity contribution in [2.24, 2.45) is 14.1 Å². The maximum absolute atomic E-state index is 5.74. The zero-order valence-corrected chi connectivity index (χ0v) is 17.1. The average Bonchev–Trinajstić information content (AvgIpc) is 3.47. The lowest BCUT2D eigenvalue weighted by Gasteiger charge is -2.12. The monoisotopic (exact) mass is 402 g/mol. The molecule has 1 aliphatic heterocycles. The van der Waals surface area contributed by atoms with E-state index in [2.05, 4.69) is 32.7 Å². The van der Waals surface area contributed by atoms with E-state index < -0.39 is 0 Å². The van der Waals surface area contributed by atoms with Crippen LogP contribution in [0.15, 0.2) is 48.9 Å². The first-order valence-corrected chi connectivity index (χ1v) is 9.70. The van der Waals surface area contributed by atoms with E-state index in [1.165, 1.54) is 0 Å². The normalized spacial score (nSPS) is 12.4. The highest BCUT2D eigenvalue weighted by Crippen LogP contribution is 2.43. The van der Waals surface area contributed by atoms with Crippen LogP contribution in [0.25, 0.3) is 22.5 Å². The molecule has 0 saturated heterocycles. The number of aryl methyl sites for hydroxylation is 2. The molecule has 0 aliphatic carbocycles. The van der Waals surface area contributed by atoms with Crippen molar-refractivity contribution >= 4 is 5.69 Å². The number of aromatic nitrogens is 5. The van der Waals surface area contributed by atoms with E-state index in [9.17, 15) is 0 Å². The Bertz CT molecular complexity index is 1230. The summed E-state index contributed by atoms with van der Waals surface area (Å²) in [7, 11) is 3.87. The lowest BCUT2D eigenvalue weighted by atomic mass is 10.0. The van der Waals surface area contributed by atoms with Gasteiger partial charge in [-0.1, -0.05) is 12.1 Å². The second-order valence-electron chi connectivity index (χ2n) is 7.34. The molecule has 0 bridgehead atoms. The summed E-state index contributed by atoms with van der Waals surface area (Å²) in [5, 5.41) is 16.0. The average molecular weight is 402 g/mol. The second kappa shape index (κ2) is 7.22. The standard InChI is InChI=1S/C22H22N6O2/c1-14-19(11-25-28(14)3)18-7-15(8-20-21(18)30-13-29-20)10-23-17-6-4-5-16(9-17)22-26-24-12-27(22)2/h4-9,11-12,23H,10,13H2,1-3H3. The molecule has 3 heterocycles. The summed E-state index contributed by atoms with van der Waals surface area (Å²) < 4.78 is 15.2. The van der Waals surface area contributed by atoms with E-state index in [0.717, 1.165) is 51.0 Å². The number of hydrogen-bond donors (Lipinski definition) is 1. The van der Waals surface area contributed by atoms with Crippen molar-refractivity contribution in [3.63, 3.8) is 0 Å². The maximum atomic E-state index is 5.74. The summed E-state index contributed by atoms with van der Waals surface area (Å²) in [6.07, 6.45) is 3.57. The molecule has 1 aliphatic rings. The third-order valence-corrected chi connectivity index (χ3v) is 5.39. The Balaban J connectivity index is 1.43. The predicted octanol–water partition coefficient (Wildman–Crippen LogP) is 3.53. The van der Waals surface area contributed by atoms with E-state index in [0.29, 0.717) is 6.54 Å². The Kier molecular flexibility index (Phi) is 4.39. The molecule has 8 nitrogen and oxygen atoms in total. The molecule has 0 spiro atoms. The van der Waals surface area contributed by atoms with Crippen molar-refractivity contribution in [2.45, 2.75) is 13.5 Å². The Hall–Kier alpha value is -3.81.